The number of hydrogen-bond acceptors (Lipinski definition) is 9. The standard InChI is InChI=1S/C25H47N7O3/c33-11-10-32-23(30-31-24(32)21-8-9-26-16-28-21)13-27-19-6-3-5-17(12-19)25(34)29-22-15-35-14-18-4-1-2-7-20(18)22/h17-24,26-28,30-31,33H,1-16H2,(H,29,34)/t17?,18?,19?,20?,21?,22-,23?,24?/m0/s1. The molecule has 7 N–H and O–H groups in total. The normalized spacial score (nSPS) is 40.8. The van der Waals surface area contributed by atoms with Crippen molar-refractivity contribution in [2.45, 2.75) is 88.2 Å². The predicted octanol–water partition coefficient (Wildman–Crippen LogP) is -0.580. The average Bonchev–Trinajstić information content (AvgIpc) is 3.31. The first-order valence-electron chi connectivity index (χ1n) is 14.2. The zero-order valence-corrected chi connectivity index (χ0v) is 21.1. The van der Waals surface area contributed by atoms with Gasteiger partial charge in [-0.05, 0) is 56.9 Å². The number of aliphatic hydroxyl groups is 1. The maximum atomic E-state index is 13.2. The Hall–Kier alpha value is -0.850. The second-order valence-corrected chi connectivity index (χ2v) is 11.3. The number of nitrogens with one attached hydrogen (secondary N) is 6. The van der Waals surface area contributed by atoms with Gasteiger partial charge in [0.05, 0.1) is 31.6 Å². The lowest BCUT2D eigenvalue weighted by Crippen LogP contribution is -2.59. The first-order valence-corrected chi connectivity index (χ1v) is 14.2. The van der Waals surface area contributed by atoms with E-state index in [-0.39, 0.29) is 36.8 Å². The van der Waals surface area contributed by atoms with Crippen molar-refractivity contribution in [1.29, 1.82) is 0 Å². The lowest BCUT2D eigenvalue weighted by Gasteiger charge is -2.42. The molecule has 35 heavy (non-hydrogen) atoms. The Morgan fingerprint density at radius 1 is 1.06 bits per heavy atom. The van der Waals surface area contributed by atoms with Gasteiger partial charge in [-0.3, -0.25) is 15.0 Å². The Bertz CT molecular complexity index is 677. The molecule has 5 aliphatic rings. The molecule has 10 nitrogen and oxygen atoms in total. The van der Waals surface area contributed by atoms with Crippen LogP contribution in [0, 0.1) is 17.8 Å². The van der Waals surface area contributed by atoms with Crippen LogP contribution in [0.3, 0.4) is 0 Å². The minimum atomic E-state index is 0.0834. The molecule has 0 aromatic carbocycles. The van der Waals surface area contributed by atoms with Gasteiger partial charge in [-0.1, -0.05) is 19.3 Å². The number of hydrazine groups is 1. The Balaban J connectivity index is 1.10. The van der Waals surface area contributed by atoms with Crippen LogP contribution >= 0.6 is 0 Å². The summed E-state index contributed by atoms with van der Waals surface area (Å²) in [6, 6.07) is 0.880. The highest BCUT2D eigenvalue weighted by Gasteiger charge is 2.40. The monoisotopic (exact) mass is 493 g/mol. The van der Waals surface area contributed by atoms with Gasteiger partial charge >= 0.3 is 0 Å². The maximum absolute atomic E-state index is 13.2. The van der Waals surface area contributed by atoms with Crippen molar-refractivity contribution in [1.82, 2.24) is 37.0 Å². The fourth-order valence-electron chi connectivity index (χ4n) is 7.16. The summed E-state index contributed by atoms with van der Waals surface area (Å²) in [6.07, 6.45) is 10.5. The average molecular weight is 494 g/mol. The van der Waals surface area contributed by atoms with E-state index >= 15 is 0 Å². The number of aliphatic hydroxyl groups excluding tert-OH is 1. The summed E-state index contributed by atoms with van der Waals surface area (Å²) in [5.74, 6) is 1.54. The van der Waals surface area contributed by atoms with Gasteiger partial charge in [0, 0.05) is 44.4 Å². The van der Waals surface area contributed by atoms with E-state index in [1.54, 1.807) is 0 Å². The van der Waals surface area contributed by atoms with Gasteiger partial charge in [-0.15, -0.1) is 0 Å². The number of nitrogens with zero attached hydrogens (tertiary/aromatic N) is 1. The van der Waals surface area contributed by atoms with E-state index in [1.807, 2.05) is 0 Å². The van der Waals surface area contributed by atoms with Crippen LogP contribution < -0.4 is 32.1 Å². The van der Waals surface area contributed by atoms with E-state index in [2.05, 4.69) is 37.0 Å². The molecule has 2 saturated carbocycles. The molecule has 0 bridgehead atoms. The second kappa shape index (κ2) is 12.6. The molecule has 5 rings (SSSR count). The van der Waals surface area contributed by atoms with Crippen LogP contribution in [-0.2, 0) is 9.53 Å². The molecular formula is C25H47N7O3. The topological polar surface area (TPSA) is 122 Å². The zero-order valence-electron chi connectivity index (χ0n) is 21.1. The van der Waals surface area contributed by atoms with Crippen LogP contribution in [0.2, 0.25) is 0 Å². The SMILES string of the molecule is O=C(N[C@H]1COCC2CCCCC21)C1CCCC(NCC2NNC(C3CCNCN3)N2CCO)C1. The van der Waals surface area contributed by atoms with Crippen LogP contribution in [0.4, 0.5) is 0 Å². The van der Waals surface area contributed by atoms with Gasteiger partial charge < -0.3 is 25.8 Å². The molecule has 3 aliphatic heterocycles. The number of rotatable bonds is 8. The number of amides is 1. The van der Waals surface area contributed by atoms with Gasteiger partial charge in [0.1, 0.15) is 0 Å². The van der Waals surface area contributed by atoms with Crippen molar-refractivity contribution in [3.05, 3.63) is 0 Å². The van der Waals surface area contributed by atoms with Gasteiger partial charge in [0.25, 0.3) is 0 Å². The molecule has 0 aromatic heterocycles. The Labute approximate surface area is 210 Å². The Morgan fingerprint density at radius 3 is 2.83 bits per heavy atom. The van der Waals surface area contributed by atoms with Crippen LogP contribution in [0.5, 0.6) is 0 Å². The third-order valence-corrected chi connectivity index (χ3v) is 9.10. The lowest BCUT2D eigenvalue weighted by molar-refractivity contribution is -0.130. The van der Waals surface area contributed by atoms with Gasteiger partial charge in [-0.2, -0.15) is 0 Å². The second-order valence-electron chi connectivity index (χ2n) is 11.3. The summed E-state index contributed by atoms with van der Waals surface area (Å²) in [6.45, 7) is 4.93. The molecule has 1 amide bonds. The van der Waals surface area contributed by atoms with E-state index in [0.717, 1.165) is 58.5 Å². The van der Waals surface area contributed by atoms with Crippen molar-refractivity contribution < 1.29 is 14.6 Å². The molecule has 7 unspecified atom stereocenters. The van der Waals surface area contributed by atoms with Crippen LogP contribution in [-0.4, -0.2) is 92.5 Å². The van der Waals surface area contributed by atoms with Crippen molar-refractivity contribution in [2.24, 2.45) is 17.8 Å². The highest BCUT2D eigenvalue weighted by atomic mass is 16.5. The van der Waals surface area contributed by atoms with Gasteiger partial charge in [-0.25, -0.2) is 10.9 Å². The Morgan fingerprint density at radius 2 is 1.97 bits per heavy atom. The van der Waals surface area contributed by atoms with E-state index in [9.17, 15) is 9.90 Å². The van der Waals surface area contributed by atoms with Crippen molar-refractivity contribution in [3.8, 4) is 0 Å². The molecule has 200 valence electrons. The summed E-state index contributed by atoms with van der Waals surface area (Å²) in [5, 5.41) is 23.7. The first kappa shape index (κ1) is 25.8. The summed E-state index contributed by atoms with van der Waals surface area (Å²) in [4.78, 5) is 15.6. The molecule has 0 radical (unpaired) electrons. The summed E-state index contributed by atoms with van der Waals surface area (Å²) in [7, 11) is 0. The minimum Gasteiger partial charge on any atom is -0.395 e. The van der Waals surface area contributed by atoms with E-state index < -0.39 is 0 Å². The highest BCUT2D eigenvalue weighted by molar-refractivity contribution is 5.79. The van der Waals surface area contributed by atoms with E-state index in [1.165, 1.54) is 25.7 Å². The van der Waals surface area contributed by atoms with E-state index in [0.29, 0.717) is 37.1 Å². The fraction of sp³-hybridized carbons (Fsp3) is 0.960. The third-order valence-electron chi connectivity index (χ3n) is 9.10. The van der Waals surface area contributed by atoms with Crippen molar-refractivity contribution in [3.63, 3.8) is 0 Å². The summed E-state index contributed by atoms with van der Waals surface area (Å²) in [5.41, 5.74) is 6.89. The van der Waals surface area contributed by atoms with Gasteiger partial charge in [0.15, 0.2) is 0 Å². The third kappa shape index (κ3) is 6.35. The molecule has 3 heterocycles. The molecule has 0 aromatic rings. The molecule has 10 heteroatoms. The Kier molecular flexibility index (Phi) is 9.28. The molecule has 2 aliphatic carbocycles. The van der Waals surface area contributed by atoms with E-state index in [4.69, 9.17) is 4.74 Å². The summed E-state index contributed by atoms with van der Waals surface area (Å²) >= 11 is 0. The number of hydrogen-bond donors (Lipinski definition) is 7. The van der Waals surface area contributed by atoms with Gasteiger partial charge in [0.2, 0.25) is 5.91 Å². The van der Waals surface area contributed by atoms with Crippen molar-refractivity contribution in [2.75, 3.05) is 46.1 Å². The van der Waals surface area contributed by atoms with Crippen molar-refractivity contribution >= 4 is 5.91 Å². The lowest BCUT2D eigenvalue weighted by atomic mass is 9.74. The number of fused-ring (bicyclic) bond motifs is 1. The zero-order chi connectivity index (χ0) is 24.0. The maximum Gasteiger partial charge on any atom is 0.223 e. The molecule has 5 fully saturated rings. The number of carbonyl (C=O) groups is 1. The molecule has 8 atom stereocenters. The molecule has 3 saturated heterocycles. The fourth-order valence-corrected chi connectivity index (χ4v) is 7.16. The van der Waals surface area contributed by atoms with Crippen LogP contribution in [0.15, 0.2) is 0 Å². The number of β-amino-alcohol motifs (C(OH)–C–C–N with tert-alkyl or cyclic N) is 1. The predicted molar refractivity (Wildman–Crippen MR) is 134 cm³/mol. The number of carbonyl (C=O) groups excluding carboxylic acids is 1. The van der Waals surface area contributed by atoms with Crippen LogP contribution in [0.25, 0.3) is 0 Å². The largest absolute Gasteiger partial charge is 0.395 e. The van der Waals surface area contributed by atoms with Crippen LogP contribution in [0.1, 0.15) is 57.8 Å². The minimum absolute atomic E-state index is 0.0834. The molecular weight excluding hydrogens is 446 g/mol. The highest BCUT2D eigenvalue weighted by Crippen LogP contribution is 2.36. The first-order chi connectivity index (χ1) is 17.2. The summed E-state index contributed by atoms with van der Waals surface area (Å²) < 4.78 is 5.87. The smallest absolute Gasteiger partial charge is 0.223 e. The number of ether oxygens (including phenoxy) is 1. The molecule has 0 spiro atoms. The quantitative estimate of drug-likeness (QED) is 0.238.